The number of benzene rings is 2. The molecule has 2 aromatic carbocycles. The lowest BCUT2D eigenvalue weighted by Gasteiger charge is -2.20. The third-order valence-corrected chi connectivity index (χ3v) is 3.95. The number of hydrogen-bond acceptors (Lipinski definition) is 5. The van der Waals surface area contributed by atoms with Gasteiger partial charge >= 0.3 is 12.1 Å². The van der Waals surface area contributed by atoms with Crippen molar-refractivity contribution in [1.82, 2.24) is 5.32 Å². The van der Waals surface area contributed by atoms with Crippen molar-refractivity contribution in [3.63, 3.8) is 0 Å². The fourth-order valence-corrected chi connectivity index (χ4v) is 2.57. The van der Waals surface area contributed by atoms with Crippen molar-refractivity contribution >= 4 is 23.7 Å². The van der Waals surface area contributed by atoms with Gasteiger partial charge in [-0.1, -0.05) is 48.5 Å². The smallest absolute Gasteiger partial charge is 0.412 e. The van der Waals surface area contributed by atoms with Gasteiger partial charge in [0.2, 0.25) is 5.91 Å². The van der Waals surface area contributed by atoms with Crippen LogP contribution in [-0.4, -0.2) is 30.1 Å². The van der Waals surface area contributed by atoms with Crippen LogP contribution in [0.3, 0.4) is 0 Å². The van der Waals surface area contributed by atoms with E-state index >= 15 is 0 Å². The molecule has 0 radical (unpaired) electrons. The van der Waals surface area contributed by atoms with Crippen LogP contribution in [0.25, 0.3) is 0 Å². The molecule has 2 amide bonds. The van der Waals surface area contributed by atoms with Gasteiger partial charge in [0, 0.05) is 12.1 Å². The number of amides is 2. The zero-order chi connectivity index (χ0) is 22.0. The molecule has 0 saturated heterocycles. The van der Waals surface area contributed by atoms with E-state index in [2.05, 4.69) is 10.6 Å². The molecule has 0 aliphatic heterocycles. The van der Waals surface area contributed by atoms with Gasteiger partial charge in [0.25, 0.3) is 0 Å². The van der Waals surface area contributed by atoms with Crippen LogP contribution in [0.4, 0.5) is 10.5 Å². The fraction of sp³-hybridized carbons (Fsp3) is 0.348. The molecular weight excluding hydrogens is 384 g/mol. The highest BCUT2D eigenvalue weighted by molar-refractivity contribution is 5.86. The predicted octanol–water partition coefficient (Wildman–Crippen LogP) is 3.83. The Kier molecular flexibility index (Phi) is 8.41. The number of nitrogens with one attached hydrogen (secondary N) is 2. The van der Waals surface area contributed by atoms with Gasteiger partial charge in [0.15, 0.2) is 0 Å². The SMILES string of the molecule is CC(C)(C)OC(=O)Nc1ccccc1CCC(=O)NCC(=O)OCc1ccccc1. The number of rotatable bonds is 8. The Hall–Kier alpha value is -3.35. The number of anilines is 1. The third-order valence-electron chi connectivity index (χ3n) is 3.95. The maximum Gasteiger partial charge on any atom is 0.412 e. The Balaban J connectivity index is 1.76. The first-order valence-corrected chi connectivity index (χ1v) is 9.77. The lowest BCUT2D eigenvalue weighted by Crippen LogP contribution is -2.30. The minimum absolute atomic E-state index is 0.166. The number of ether oxygens (including phenoxy) is 2. The van der Waals surface area contributed by atoms with E-state index in [1.807, 2.05) is 42.5 Å². The van der Waals surface area contributed by atoms with E-state index in [1.165, 1.54) is 0 Å². The molecule has 2 aromatic rings. The molecule has 2 N–H and O–H groups in total. The molecular formula is C23H28N2O5. The average molecular weight is 412 g/mol. The average Bonchev–Trinajstić information content (AvgIpc) is 2.69. The molecule has 30 heavy (non-hydrogen) atoms. The molecule has 160 valence electrons. The quantitative estimate of drug-likeness (QED) is 0.643. The number of para-hydroxylation sites is 1. The second-order valence-corrected chi connectivity index (χ2v) is 7.71. The summed E-state index contributed by atoms with van der Waals surface area (Å²) < 4.78 is 10.4. The van der Waals surface area contributed by atoms with Gasteiger partial charge in [0.05, 0.1) is 0 Å². The number of esters is 1. The second-order valence-electron chi connectivity index (χ2n) is 7.71. The largest absolute Gasteiger partial charge is 0.460 e. The van der Waals surface area contributed by atoms with Crippen molar-refractivity contribution in [3.8, 4) is 0 Å². The Labute approximate surface area is 176 Å². The molecule has 0 spiro atoms. The zero-order valence-corrected chi connectivity index (χ0v) is 17.6. The van der Waals surface area contributed by atoms with Gasteiger partial charge in [-0.05, 0) is 44.4 Å². The summed E-state index contributed by atoms with van der Waals surface area (Å²) in [6.45, 7) is 5.33. The molecule has 7 nitrogen and oxygen atoms in total. The molecule has 0 unspecified atom stereocenters. The molecule has 0 bridgehead atoms. The van der Waals surface area contributed by atoms with Gasteiger partial charge < -0.3 is 14.8 Å². The lowest BCUT2D eigenvalue weighted by atomic mass is 10.1. The minimum atomic E-state index is -0.603. The third kappa shape index (κ3) is 8.77. The van der Waals surface area contributed by atoms with Gasteiger partial charge in [-0.2, -0.15) is 0 Å². The van der Waals surface area contributed by atoms with Crippen LogP contribution in [0, 0.1) is 0 Å². The number of aryl methyl sites for hydroxylation is 1. The number of carbonyl (C=O) groups is 3. The van der Waals surface area contributed by atoms with Crippen LogP contribution >= 0.6 is 0 Å². The van der Waals surface area contributed by atoms with Crippen molar-refractivity contribution in [1.29, 1.82) is 0 Å². The maximum atomic E-state index is 12.1. The molecule has 0 aliphatic carbocycles. The van der Waals surface area contributed by atoms with E-state index in [-0.39, 0.29) is 25.5 Å². The molecule has 7 heteroatoms. The standard InChI is InChI=1S/C23H28N2O5/c1-23(2,3)30-22(28)25-19-12-8-7-11-18(19)13-14-20(26)24-15-21(27)29-16-17-9-5-4-6-10-17/h4-12H,13-16H2,1-3H3,(H,24,26)(H,25,28). The Morgan fingerprint density at radius 3 is 2.30 bits per heavy atom. The van der Waals surface area contributed by atoms with Crippen molar-refractivity contribution in [3.05, 3.63) is 65.7 Å². The first kappa shape index (κ1) is 22.9. The predicted molar refractivity (Wildman–Crippen MR) is 114 cm³/mol. The highest BCUT2D eigenvalue weighted by Crippen LogP contribution is 2.18. The van der Waals surface area contributed by atoms with Gasteiger partial charge in [-0.25, -0.2) is 4.79 Å². The lowest BCUT2D eigenvalue weighted by molar-refractivity contribution is -0.145. The maximum absolute atomic E-state index is 12.1. The van der Waals surface area contributed by atoms with E-state index in [0.717, 1.165) is 11.1 Å². The molecule has 0 heterocycles. The van der Waals surface area contributed by atoms with Crippen LogP contribution in [0.2, 0.25) is 0 Å². The van der Waals surface area contributed by atoms with Crippen LogP contribution in [0.1, 0.15) is 38.3 Å². The van der Waals surface area contributed by atoms with Crippen molar-refractivity contribution < 1.29 is 23.9 Å². The Morgan fingerprint density at radius 1 is 0.933 bits per heavy atom. The van der Waals surface area contributed by atoms with Crippen LogP contribution in [0.5, 0.6) is 0 Å². The van der Waals surface area contributed by atoms with Crippen molar-refractivity contribution in [2.75, 3.05) is 11.9 Å². The van der Waals surface area contributed by atoms with Crippen molar-refractivity contribution in [2.45, 2.75) is 45.8 Å². The summed E-state index contributed by atoms with van der Waals surface area (Å²) in [5.74, 6) is -0.780. The van der Waals surface area contributed by atoms with Gasteiger partial charge in [-0.15, -0.1) is 0 Å². The number of carbonyl (C=O) groups excluding carboxylic acids is 3. The summed E-state index contributed by atoms with van der Waals surface area (Å²) >= 11 is 0. The van der Waals surface area contributed by atoms with Gasteiger partial charge in [-0.3, -0.25) is 14.9 Å². The van der Waals surface area contributed by atoms with E-state index in [1.54, 1.807) is 32.9 Å². The normalized spacial score (nSPS) is 10.8. The summed E-state index contributed by atoms with van der Waals surface area (Å²) in [6.07, 6.45) is 0.0103. The van der Waals surface area contributed by atoms with E-state index in [9.17, 15) is 14.4 Å². The molecule has 0 saturated carbocycles. The summed E-state index contributed by atoms with van der Waals surface area (Å²) in [5, 5.41) is 5.26. The van der Waals surface area contributed by atoms with E-state index in [0.29, 0.717) is 12.1 Å². The Bertz CT molecular complexity index is 859. The molecule has 0 aliphatic rings. The van der Waals surface area contributed by atoms with E-state index < -0.39 is 17.7 Å². The van der Waals surface area contributed by atoms with Crippen LogP contribution in [-0.2, 0) is 32.1 Å². The first-order chi connectivity index (χ1) is 14.2. The van der Waals surface area contributed by atoms with Gasteiger partial charge in [0.1, 0.15) is 18.8 Å². The Morgan fingerprint density at radius 2 is 1.60 bits per heavy atom. The summed E-state index contributed by atoms with van der Waals surface area (Å²) in [6, 6.07) is 16.5. The molecule has 0 aromatic heterocycles. The molecule has 2 rings (SSSR count). The first-order valence-electron chi connectivity index (χ1n) is 9.77. The summed E-state index contributed by atoms with van der Waals surface area (Å²) in [5.41, 5.74) is 1.66. The zero-order valence-electron chi connectivity index (χ0n) is 17.6. The topological polar surface area (TPSA) is 93.7 Å². The second kappa shape index (κ2) is 11.0. The van der Waals surface area contributed by atoms with Crippen LogP contribution < -0.4 is 10.6 Å². The minimum Gasteiger partial charge on any atom is -0.460 e. The van der Waals surface area contributed by atoms with Crippen molar-refractivity contribution in [2.24, 2.45) is 0 Å². The monoisotopic (exact) mass is 412 g/mol. The molecule has 0 atom stereocenters. The number of hydrogen-bond donors (Lipinski definition) is 2. The van der Waals surface area contributed by atoms with E-state index in [4.69, 9.17) is 9.47 Å². The summed E-state index contributed by atoms with van der Waals surface area (Å²) in [7, 11) is 0. The summed E-state index contributed by atoms with van der Waals surface area (Å²) in [4.78, 5) is 35.9. The highest BCUT2D eigenvalue weighted by atomic mass is 16.6. The molecule has 0 fully saturated rings. The highest BCUT2D eigenvalue weighted by Gasteiger charge is 2.17. The fourth-order valence-electron chi connectivity index (χ4n) is 2.57. The van der Waals surface area contributed by atoms with Crippen LogP contribution in [0.15, 0.2) is 54.6 Å².